The Morgan fingerprint density at radius 3 is 2.88 bits per heavy atom. The molecule has 0 saturated carbocycles. The minimum absolute atomic E-state index is 0.0407. The summed E-state index contributed by atoms with van der Waals surface area (Å²) >= 11 is 0. The van der Waals surface area contributed by atoms with Crippen molar-refractivity contribution >= 4 is 17.2 Å². The Hall–Kier alpha value is -2.29. The third-order valence-corrected chi connectivity index (χ3v) is 3.04. The van der Waals surface area contributed by atoms with Gasteiger partial charge >= 0.3 is 5.97 Å². The van der Waals surface area contributed by atoms with Gasteiger partial charge in [0.15, 0.2) is 0 Å². The first-order chi connectivity index (χ1) is 8.27. The van der Waals surface area contributed by atoms with Crippen molar-refractivity contribution in [3.63, 3.8) is 0 Å². The lowest BCUT2D eigenvalue weighted by atomic mass is 9.87. The number of carboxylic acid groups (broad SMARTS) is 1. The molecule has 3 nitrogen and oxygen atoms in total. The van der Waals surface area contributed by atoms with Crippen LogP contribution in [0.1, 0.15) is 5.56 Å². The van der Waals surface area contributed by atoms with E-state index < -0.39 is 5.97 Å². The Kier molecular flexibility index (Phi) is 2.11. The summed E-state index contributed by atoms with van der Waals surface area (Å²) in [5.74, 6) is -0.876. The number of allylic oxidation sites excluding steroid dienone is 2. The van der Waals surface area contributed by atoms with E-state index in [4.69, 9.17) is 0 Å². The molecule has 84 valence electrons. The molecule has 1 unspecified atom stereocenters. The van der Waals surface area contributed by atoms with Crippen LogP contribution in [0.4, 0.5) is 5.69 Å². The van der Waals surface area contributed by atoms with E-state index in [2.05, 4.69) is 5.32 Å². The normalized spacial score (nSPS) is 20.6. The van der Waals surface area contributed by atoms with E-state index in [-0.39, 0.29) is 6.04 Å². The molecule has 3 rings (SSSR count). The maximum absolute atomic E-state index is 11.4. The molecule has 1 heterocycles. The molecule has 3 heteroatoms. The summed E-state index contributed by atoms with van der Waals surface area (Å²) in [6.45, 7) is 0. The molecule has 0 spiro atoms. The second-order valence-electron chi connectivity index (χ2n) is 4.05. The SMILES string of the molecule is O=C(O)C1=C2C=CC=CC2Nc2ccccc21. The van der Waals surface area contributed by atoms with E-state index in [1.165, 1.54) is 0 Å². The zero-order valence-electron chi connectivity index (χ0n) is 9.05. The van der Waals surface area contributed by atoms with Gasteiger partial charge < -0.3 is 10.4 Å². The highest BCUT2D eigenvalue weighted by Gasteiger charge is 2.28. The summed E-state index contributed by atoms with van der Waals surface area (Å²) in [6.07, 6.45) is 7.62. The number of para-hydroxylation sites is 1. The Morgan fingerprint density at radius 2 is 2.06 bits per heavy atom. The molecular formula is C14H11NO2. The Balaban J connectivity index is 2.27. The number of hydrogen-bond donors (Lipinski definition) is 2. The van der Waals surface area contributed by atoms with Crippen LogP contribution in [0, 0.1) is 0 Å². The Bertz CT molecular complexity index is 582. The second-order valence-corrected chi connectivity index (χ2v) is 4.05. The maximum Gasteiger partial charge on any atom is 0.336 e. The molecule has 1 aliphatic carbocycles. The van der Waals surface area contributed by atoms with Gasteiger partial charge in [0.1, 0.15) is 0 Å². The Morgan fingerprint density at radius 1 is 1.24 bits per heavy atom. The minimum Gasteiger partial charge on any atom is -0.478 e. The highest BCUT2D eigenvalue weighted by atomic mass is 16.4. The van der Waals surface area contributed by atoms with Crippen LogP contribution in [0.5, 0.6) is 0 Å². The summed E-state index contributed by atoms with van der Waals surface area (Å²) in [4.78, 5) is 11.4. The van der Waals surface area contributed by atoms with Crippen molar-refractivity contribution < 1.29 is 9.90 Å². The molecule has 2 aliphatic rings. The van der Waals surface area contributed by atoms with Gasteiger partial charge in [-0.05, 0) is 11.6 Å². The number of benzene rings is 1. The quantitative estimate of drug-likeness (QED) is 0.771. The highest BCUT2D eigenvalue weighted by molar-refractivity contribution is 6.20. The van der Waals surface area contributed by atoms with Crippen LogP contribution in [-0.4, -0.2) is 17.1 Å². The fourth-order valence-corrected chi connectivity index (χ4v) is 2.30. The summed E-state index contributed by atoms with van der Waals surface area (Å²) in [5, 5.41) is 12.7. The van der Waals surface area contributed by atoms with Crippen LogP contribution in [-0.2, 0) is 4.79 Å². The number of carbonyl (C=O) groups is 1. The van der Waals surface area contributed by atoms with Crippen molar-refractivity contribution in [2.24, 2.45) is 0 Å². The lowest BCUT2D eigenvalue weighted by Gasteiger charge is -2.28. The van der Waals surface area contributed by atoms with Gasteiger partial charge in [-0.2, -0.15) is 0 Å². The molecule has 0 bridgehead atoms. The highest BCUT2D eigenvalue weighted by Crippen LogP contribution is 2.35. The van der Waals surface area contributed by atoms with Crippen molar-refractivity contribution in [2.75, 3.05) is 5.32 Å². The van der Waals surface area contributed by atoms with E-state index in [0.29, 0.717) is 5.57 Å². The monoisotopic (exact) mass is 225 g/mol. The molecule has 1 aliphatic heterocycles. The van der Waals surface area contributed by atoms with Gasteiger partial charge in [-0.3, -0.25) is 0 Å². The van der Waals surface area contributed by atoms with Crippen molar-refractivity contribution in [1.29, 1.82) is 0 Å². The average Bonchev–Trinajstić information content (AvgIpc) is 2.35. The number of nitrogens with one attached hydrogen (secondary N) is 1. The number of carboxylic acids is 1. The average molecular weight is 225 g/mol. The van der Waals surface area contributed by atoms with Gasteiger partial charge in [-0.25, -0.2) is 4.79 Å². The molecule has 2 N–H and O–H groups in total. The molecule has 0 radical (unpaired) electrons. The summed E-state index contributed by atoms with van der Waals surface area (Å²) < 4.78 is 0. The van der Waals surface area contributed by atoms with Crippen LogP contribution >= 0.6 is 0 Å². The van der Waals surface area contributed by atoms with Crippen molar-refractivity contribution in [3.8, 4) is 0 Å². The van der Waals surface area contributed by atoms with E-state index in [0.717, 1.165) is 16.8 Å². The van der Waals surface area contributed by atoms with Gasteiger partial charge in [0.05, 0.1) is 11.6 Å². The first-order valence-electron chi connectivity index (χ1n) is 5.45. The van der Waals surface area contributed by atoms with Gasteiger partial charge in [0.25, 0.3) is 0 Å². The van der Waals surface area contributed by atoms with Crippen LogP contribution < -0.4 is 5.32 Å². The number of hydrogen-bond acceptors (Lipinski definition) is 2. The summed E-state index contributed by atoms with van der Waals surface area (Å²) in [5.41, 5.74) is 2.84. The molecule has 1 atom stereocenters. The summed E-state index contributed by atoms with van der Waals surface area (Å²) in [7, 11) is 0. The first kappa shape index (κ1) is 9.90. The molecule has 17 heavy (non-hydrogen) atoms. The van der Waals surface area contributed by atoms with Gasteiger partial charge in [0.2, 0.25) is 0 Å². The molecule has 0 amide bonds. The largest absolute Gasteiger partial charge is 0.478 e. The third-order valence-electron chi connectivity index (χ3n) is 3.04. The topological polar surface area (TPSA) is 49.3 Å². The number of rotatable bonds is 1. The molecule has 1 aromatic rings. The Labute approximate surface area is 98.8 Å². The molecular weight excluding hydrogens is 214 g/mol. The molecule has 1 aromatic carbocycles. The molecule has 0 aromatic heterocycles. The molecule has 0 fully saturated rings. The molecule has 0 saturated heterocycles. The predicted molar refractivity (Wildman–Crippen MR) is 66.7 cm³/mol. The van der Waals surface area contributed by atoms with Crippen LogP contribution in [0.15, 0.2) is 54.1 Å². The smallest absolute Gasteiger partial charge is 0.336 e. The number of aliphatic carboxylic acids is 1. The minimum atomic E-state index is -0.876. The van der Waals surface area contributed by atoms with E-state index in [1.54, 1.807) is 0 Å². The fourth-order valence-electron chi connectivity index (χ4n) is 2.30. The van der Waals surface area contributed by atoms with E-state index in [9.17, 15) is 9.90 Å². The third kappa shape index (κ3) is 1.47. The maximum atomic E-state index is 11.4. The summed E-state index contributed by atoms with van der Waals surface area (Å²) in [6, 6.07) is 7.45. The predicted octanol–water partition coefficient (Wildman–Crippen LogP) is 2.44. The zero-order chi connectivity index (χ0) is 11.8. The van der Waals surface area contributed by atoms with Crippen molar-refractivity contribution in [1.82, 2.24) is 0 Å². The van der Waals surface area contributed by atoms with Gasteiger partial charge in [0, 0.05) is 11.3 Å². The zero-order valence-corrected chi connectivity index (χ0v) is 9.05. The fraction of sp³-hybridized carbons (Fsp3) is 0.0714. The van der Waals surface area contributed by atoms with Gasteiger partial charge in [-0.15, -0.1) is 0 Å². The lowest BCUT2D eigenvalue weighted by Crippen LogP contribution is -2.27. The second kappa shape index (κ2) is 3.63. The van der Waals surface area contributed by atoms with Crippen LogP contribution in [0.25, 0.3) is 5.57 Å². The van der Waals surface area contributed by atoms with E-state index in [1.807, 2.05) is 48.6 Å². The number of fused-ring (bicyclic) bond motifs is 2. The van der Waals surface area contributed by atoms with Crippen LogP contribution in [0.2, 0.25) is 0 Å². The van der Waals surface area contributed by atoms with Crippen LogP contribution in [0.3, 0.4) is 0 Å². The first-order valence-corrected chi connectivity index (χ1v) is 5.45. The number of anilines is 1. The van der Waals surface area contributed by atoms with Crippen molar-refractivity contribution in [2.45, 2.75) is 6.04 Å². The van der Waals surface area contributed by atoms with E-state index >= 15 is 0 Å². The standard InChI is InChI=1S/C14H11NO2/c16-14(17)13-9-5-1-3-7-11(9)15-12-8-4-2-6-10(12)13/h1-8,11,15H,(H,16,17). The van der Waals surface area contributed by atoms with Crippen molar-refractivity contribution in [3.05, 3.63) is 59.7 Å². The lowest BCUT2D eigenvalue weighted by molar-refractivity contribution is -0.130. The van der Waals surface area contributed by atoms with Gasteiger partial charge in [-0.1, -0.05) is 42.5 Å².